The summed E-state index contributed by atoms with van der Waals surface area (Å²) in [6, 6.07) is 3.49. The number of halogens is 1. The van der Waals surface area contributed by atoms with Crippen molar-refractivity contribution in [3.05, 3.63) is 27.7 Å². The lowest BCUT2D eigenvalue weighted by Crippen LogP contribution is -2.09. The zero-order valence-electron chi connectivity index (χ0n) is 10.1. The molecule has 18 heavy (non-hydrogen) atoms. The van der Waals surface area contributed by atoms with E-state index in [1.807, 2.05) is 0 Å². The third-order valence-corrected chi connectivity index (χ3v) is 3.47. The molecule has 1 aliphatic rings. The predicted octanol–water partition coefficient (Wildman–Crippen LogP) is 2.29. The molecule has 1 fully saturated rings. The monoisotopic (exact) mass is 316 g/mol. The van der Waals surface area contributed by atoms with E-state index in [-0.39, 0.29) is 0 Å². The van der Waals surface area contributed by atoms with Gasteiger partial charge < -0.3 is 18.9 Å². The maximum Gasteiger partial charge on any atom is 0.342 e. The van der Waals surface area contributed by atoms with Crippen LogP contribution in [0.1, 0.15) is 22.2 Å². The van der Waals surface area contributed by atoms with Gasteiger partial charge in [0.25, 0.3) is 0 Å². The van der Waals surface area contributed by atoms with Crippen LogP contribution < -0.4 is 4.74 Å². The average Bonchev–Trinajstić information content (AvgIpc) is 2.91. The number of ether oxygens (including phenoxy) is 4. The van der Waals surface area contributed by atoms with E-state index >= 15 is 0 Å². The predicted molar refractivity (Wildman–Crippen MR) is 66.7 cm³/mol. The molecule has 0 atom stereocenters. The highest BCUT2D eigenvalue weighted by Crippen LogP contribution is 2.36. The van der Waals surface area contributed by atoms with Crippen molar-refractivity contribution >= 4 is 21.9 Å². The Labute approximate surface area is 113 Å². The first-order chi connectivity index (χ1) is 8.69. The standard InChI is InChI=1S/C12H13BrO5/c1-15-8-4-3-7(12-17-5-6-18-12)10(13)9(8)11(14)16-2/h3-4,12H,5-6H2,1-2H3. The third kappa shape index (κ3) is 2.36. The van der Waals surface area contributed by atoms with E-state index in [9.17, 15) is 4.79 Å². The van der Waals surface area contributed by atoms with Crippen molar-refractivity contribution < 1.29 is 23.7 Å². The molecule has 1 heterocycles. The zero-order valence-corrected chi connectivity index (χ0v) is 11.7. The van der Waals surface area contributed by atoms with Gasteiger partial charge in [-0.1, -0.05) is 0 Å². The molecule has 0 aliphatic carbocycles. The number of carbonyl (C=O) groups excluding carboxylic acids is 1. The number of rotatable bonds is 3. The van der Waals surface area contributed by atoms with Gasteiger partial charge >= 0.3 is 5.97 Å². The molecule has 0 radical (unpaired) electrons. The molecule has 5 nitrogen and oxygen atoms in total. The molecule has 1 saturated heterocycles. The molecule has 1 aromatic carbocycles. The van der Waals surface area contributed by atoms with Crippen molar-refractivity contribution in [1.29, 1.82) is 0 Å². The SMILES string of the molecule is COC(=O)c1c(OC)ccc(C2OCCO2)c1Br. The number of hydrogen-bond donors (Lipinski definition) is 0. The minimum Gasteiger partial charge on any atom is -0.496 e. The van der Waals surface area contributed by atoms with Gasteiger partial charge in [0.15, 0.2) is 6.29 Å². The fourth-order valence-electron chi connectivity index (χ4n) is 1.76. The van der Waals surface area contributed by atoms with Crippen LogP contribution in [0.15, 0.2) is 16.6 Å². The van der Waals surface area contributed by atoms with E-state index in [0.717, 1.165) is 5.56 Å². The minimum atomic E-state index is -0.474. The van der Waals surface area contributed by atoms with Crippen LogP contribution in [0.4, 0.5) is 0 Å². The Morgan fingerprint density at radius 2 is 2.00 bits per heavy atom. The smallest absolute Gasteiger partial charge is 0.342 e. The van der Waals surface area contributed by atoms with Crippen molar-refractivity contribution in [1.82, 2.24) is 0 Å². The van der Waals surface area contributed by atoms with Gasteiger partial charge in [-0.15, -0.1) is 0 Å². The summed E-state index contributed by atoms with van der Waals surface area (Å²) < 4.78 is 21.3. The van der Waals surface area contributed by atoms with Crippen molar-refractivity contribution in [2.75, 3.05) is 27.4 Å². The average molecular weight is 317 g/mol. The summed E-state index contributed by atoms with van der Waals surface area (Å²) in [6.45, 7) is 1.08. The lowest BCUT2D eigenvalue weighted by Gasteiger charge is -2.16. The normalized spacial score (nSPS) is 15.7. The van der Waals surface area contributed by atoms with Crippen molar-refractivity contribution in [3.8, 4) is 5.75 Å². The number of esters is 1. The van der Waals surface area contributed by atoms with Gasteiger partial charge in [0.1, 0.15) is 11.3 Å². The quantitative estimate of drug-likeness (QED) is 0.801. The largest absolute Gasteiger partial charge is 0.496 e. The summed E-state index contributed by atoms with van der Waals surface area (Å²) in [4.78, 5) is 11.8. The fourth-order valence-corrected chi connectivity index (χ4v) is 2.43. The van der Waals surface area contributed by atoms with Crippen molar-refractivity contribution in [2.24, 2.45) is 0 Å². The topological polar surface area (TPSA) is 54.0 Å². The molecular formula is C12H13BrO5. The summed E-state index contributed by atoms with van der Waals surface area (Å²) in [5, 5.41) is 0. The Morgan fingerprint density at radius 1 is 1.33 bits per heavy atom. The minimum absolute atomic E-state index is 0.330. The molecule has 0 aromatic heterocycles. The second-order valence-electron chi connectivity index (χ2n) is 3.61. The van der Waals surface area contributed by atoms with Crippen LogP contribution in [0.5, 0.6) is 5.75 Å². The highest BCUT2D eigenvalue weighted by molar-refractivity contribution is 9.10. The van der Waals surface area contributed by atoms with Crippen LogP contribution in [0.3, 0.4) is 0 Å². The third-order valence-electron chi connectivity index (χ3n) is 2.62. The first-order valence-corrected chi connectivity index (χ1v) is 6.16. The molecule has 0 unspecified atom stereocenters. The summed E-state index contributed by atoms with van der Waals surface area (Å²) in [5.41, 5.74) is 1.07. The first kappa shape index (κ1) is 13.3. The van der Waals surface area contributed by atoms with Gasteiger partial charge in [-0.25, -0.2) is 4.79 Å². The van der Waals surface area contributed by atoms with E-state index in [2.05, 4.69) is 15.9 Å². The molecular weight excluding hydrogens is 304 g/mol. The van der Waals surface area contributed by atoms with Gasteiger partial charge in [-0.3, -0.25) is 0 Å². The summed E-state index contributed by atoms with van der Waals surface area (Å²) >= 11 is 3.38. The Balaban J connectivity index is 2.47. The van der Waals surface area contributed by atoms with Gasteiger partial charge in [-0.05, 0) is 28.1 Å². The molecule has 0 N–H and O–H groups in total. The Bertz CT molecular complexity index is 454. The molecule has 1 aliphatic heterocycles. The van der Waals surface area contributed by atoms with E-state index in [1.165, 1.54) is 14.2 Å². The molecule has 0 spiro atoms. The van der Waals surface area contributed by atoms with Crippen LogP contribution in [0, 0.1) is 0 Å². The highest BCUT2D eigenvalue weighted by Gasteiger charge is 2.26. The number of methoxy groups -OCH3 is 2. The highest BCUT2D eigenvalue weighted by atomic mass is 79.9. The molecule has 0 bridgehead atoms. The Kier molecular flexibility index (Phi) is 4.21. The molecule has 98 valence electrons. The van der Waals surface area contributed by atoms with Gasteiger partial charge in [-0.2, -0.15) is 0 Å². The maximum absolute atomic E-state index is 11.8. The summed E-state index contributed by atoms with van der Waals surface area (Å²) in [6.07, 6.45) is -0.464. The Hall–Kier alpha value is -1.11. The fraction of sp³-hybridized carbons (Fsp3) is 0.417. The van der Waals surface area contributed by atoms with Crippen molar-refractivity contribution in [2.45, 2.75) is 6.29 Å². The molecule has 6 heteroatoms. The van der Waals surface area contributed by atoms with Gasteiger partial charge in [0.2, 0.25) is 0 Å². The van der Waals surface area contributed by atoms with Gasteiger partial charge in [0.05, 0.1) is 27.4 Å². The summed E-state index contributed by atoms with van der Waals surface area (Å²) in [5.74, 6) is -0.0333. The molecule has 0 saturated carbocycles. The van der Waals surface area contributed by atoms with Crippen LogP contribution in [-0.2, 0) is 14.2 Å². The van der Waals surface area contributed by atoms with Gasteiger partial charge in [0, 0.05) is 10.0 Å². The second kappa shape index (κ2) is 5.69. The Morgan fingerprint density at radius 3 is 2.56 bits per heavy atom. The number of benzene rings is 1. The number of hydrogen-bond acceptors (Lipinski definition) is 5. The molecule has 1 aromatic rings. The van der Waals surface area contributed by atoms with Crippen LogP contribution in [-0.4, -0.2) is 33.4 Å². The van der Waals surface area contributed by atoms with Crippen LogP contribution in [0.2, 0.25) is 0 Å². The first-order valence-electron chi connectivity index (χ1n) is 5.37. The van der Waals surface area contributed by atoms with Crippen LogP contribution in [0.25, 0.3) is 0 Å². The maximum atomic E-state index is 11.8. The molecule has 2 rings (SSSR count). The zero-order chi connectivity index (χ0) is 13.1. The second-order valence-corrected chi connectivity index (χ2v) is 4.40. The van der Waals surface area contributed by atoms with E-state index in [4.69, 9.17) is 18.9 Å². The molecule has 0 amide bonds. The number of carbonyl (C=O) groups is 1. The van der Waals surface area contributed by atoms with Crippen LogP contribution >= 0.6 is 15.9 Å². The van der Waals surface area contributed by atoms with E-state index in [0.29, 0.717) is 29.0 Å². The lowest BCUT2D eigenvalue weighted by molar-refractivity contribution is -0.0447. The summed E-state index contributed by atoms with van der Waals surface area (Å²) in [7, 11) is 2.82. The van der Waals surface area contributed by atoms with E-state index in [1.54, 1.807) is 12.1 Å². The van der Waals surface area contributed by atoms with E-state index < -0.39 is 12.3 Å². The lowest BCUT2D eigenvalue weighted by atomic mass is 10.1. The van der Waals surface area contributed by atoms with Crippen molar-refractivity contribution in [3.63, 3.8) is 0 Å².